The Hall–Kier alpha value is -1.55. The molecule has 0 atom stereocenters. The molecule has 4 heteroatoms. The van der Waals surface area contributed by atoms with E-state index in [4.69, 9.17) is 21.4 Å². The minimum absolute atomic E-state index is 0.124. The molecular weight excluding hydrogens is 264 g/mol. The van der Waals surface area contributed by atoms with Crippen LogP contribution >= 0.6 is 11.6 Å². The van der Waals surface area contributed by atoms with Crippen LogP contribution in [0.1, 0.15) is 11.1 Å². The lowest BCUT2D eigenvalue weighted by Crippen LogP contribution is -1.94. The molecule has 0 spiro atoms. The van der Waals surface area contributed by atoms with Gasteiger partial charge in [-0.1, -0.05) is 35.9 Å². The molecule has 0 radical (unpaired) electrons. The molecule has 100 valence electrons. The van der Waals surface area contributed by atoms with Crippen LogP contribution in [0.4, 0.5) is 0 Å². The molecule has 3 nitrogen and oxygen atoms in total. The number of hydrogen-bond donors (Lipinski definition) is 2. The first-order chi connectivity index (χ1) is 9.24. The quantitative estimate of drug-likeness (QED) is 0.883. The van der Waals surface area contributed by atoms with Crippen LogP contribution in [-0.2, 0) is 13.0 Å². The first-order valence-electron chi connectivity index (χ1n) is 6.00. The van der Waals surface area contributed by atoms with E-state index in [-0.39, 0.29) is 13.2 Å². The van der Waals surface area contributed by atoms with Crippen molar-refractivity contribution >= 4 is 11.6 Å². The zero-order valence-corrected chi connectivity index (χ0v) is 11.1. The van der Waals surface area contributed by atoms with Gasteiger partial charge in [-0.25, -0.2) is 0 Å². The van der Waals surface area contributed by atoms with Gasteiger partial charge in [0, 0.05) is 12.2 Å². The normalized spacial score (nSPS) is 10.5. The number of rotatable bonds is 5. The van der Waals surface area contributed by atoms with Gasteiger partial charge in [-0.15, -0.1) is 0 Å². The summed E-state index contributed by atoms with van der Waals surface area (Å²) in [5.74, 6) is 1.12. The van der Waals surface area contributed by atoms with Gasteiger partial charge >= 0.3 is 0 Å². The molecule has 0 saturated carbocycles. The summed E-state index contributed by atoms with van der Waals surface area (Å²) in [6, 6.07) is 12.7. The van der Waals surface area contributed by atoms with Gasteiger partial charge in [0.25, 0.3) is 0 Å². The van der Waals surface area contributed by atoms with E-state index in [0.717, 1.165) is 5.56 Å². The molecule has 19 heavy (non-hydrogen) atoms. The van der Waals surface area contributed by atoms with Crippen LogP contribution in [0.3, 0.4) is 0 Å². The van der Waals surface area contributed by atoms with Crippen LogP contribution in [-0.4, -0.2) is 16.8 Å². The van der Waals surface area contributed by atoms with E-state index < -0.39 is 0 Å². The molecule has 2 aromatic rings. The van der Waals surface area contributed by atoms with E-state index >= 15 is 0 Å². The maximum absolute atomic E-state index is 9.27. The van der Waals surface area contributed by atoms with Gasteiger partial charge in [-0.05, 0) is 30.2 Å². The van der Waals surface area contributed by atoms with Crippen molar-refractivity contribution in [2.24, 2.45) is 0 Å². The number of halogens is 1. The predicted octanol–water partition coefficient (Wildman–Crippen LogP) is 3.16. The minimum atomic E-state index is -0.126. The lowest BCUT2D eigenvalue weighted by Gasteiger charge is -2.11. The largest absolute Gasteiger partial charge is 0.455 e. The highest BCUT2D eigenvalue weighted by molar-refractivity contribution is 6.32. The van der Waals surface area contributed by atoms with Gasteiger partial charge in [-0.2, -0.15) is 0 Å². The molecule has 0 aliphatic carbocycles. The van der Waals surface area contributed by atoms with Crippen LogP contribution < -0.4 is 4.74 Å². The first kappa shape index (κ1) is 13.9. The van der Waals surface area contributed by atoms with Crippen LogP contribution in [0.2, 0.25) is 5.02 Å². The first-order valence-corrected chi connectivity index (χ1v) is 6.38. The van der Waals surface area contributed by atoms with Crippen molar-refractivity contribution in [3.05, 3.63) is 58.6 Å². The Morgan fingerprint density at radius 2 is 1.74 bits per heavy atom. The van der Waals surface area contributed by atoms with Crippen LogP contribution in [0, 0.1) is 0 Å². The second-order valence-electron chi connectivity index (χ2n) is 4.11. The molecule has 0 unspecified atom stereocenters. The van der Waals surface area contributed by atoms with Gasteiger partial charge in [-0.3, -0.25) is 0 Å². The zero-order valence-electron chi connectivity index (χ0n) is 10.3. The molecule has 0 aliphatic rings. The standard InChI is InChI=1S/C15H15ClO3/c16-14-3-1-2-12(10-18)15(14)19-13-6-4-11(5-7-13)8-9-17/h1-7,17-18H,8-10H2. The summed E-state index contributed by atoms with van der Waals surface area (Å²) in [7, 11) is 0. The van der Waals surface area contributed by atoms with Crippen LogP contribution in [0.5, 0.6) is 11.5 Å². The van der Waals surface area contributed by atoms with E-state index in [1.165, 1.54) is 0 Å². The van der Waals surface area contributed by atoms with Crippen molar-refractivity contribution in [3.63, 3.8) is 0 Å². The average Bonchev–Trinajstić information content (AvgIpc) is 2.43. The van der Waals surface area contributed by atoms with Gasteiger partial charge in [0.1, 0.15) is 5.75 Å². The zero-order chi connectivity index (χ0) is 13.7. The maximum atomic E-state index is 9.27. The Kier molecular flexibility index (Phi) is 4.80. The Labute approximate surface area is 117 Å². The highest BCUT2D eigenvalue weighted by Gasteiger charge is 2.08. The minimum Gasteiger partial charge on any atom is -0.455 e. The Morgan fingerprint density at radius 1 is 1.00 bits per heavy atom. The van der Waals surface area contributed by atoms with E-state index in [2.05, 4.69) is 0 Å². The highest BCUT2D eigenvalue weighted by Crippen LogP contribution is 2.33. The Morgan fingerprint density at radius 3 is 2.37 bits per heavy atom. The molecule has 0 amide bonds. The van der Waals surface area contributed by atoms with Crippen molar-refractivity contribution in [3.8, 4) is 11.5 Å². The molecule has 0 saturated heterocycles. The lowest BCUT2D eigenvalue weighted by molar-refractivity contribution is 0.276. The number of aliphatic hydroxyl groups is 2. The van der Waals surface area contributed by atoms with Crippen molar-refractivity contribution in [1.29, 1.82) is 0 Å². The van der Waals surface area contributed by atoms with Crippen LogP contribution in [0.25, 0.3) is 0 Å². The summed E-state index contributed by atoms with van der Waals surface area (Å²) < 4.78 is 5.71. The van der Waals surface area contributed by atoms with E-state index in [1.54, 1.807) is 18.2 Å². The van der Waals surface area contributed by atoms with Gasteiger partial charge in [0.2, 0.25) is 0 Å². The van der Waals surface area contributed by atoms with E-state index in [0.29, 0.717) is 28.5 Å². The number of benzene rings is 2. The highest BCUT2D eigenvalue weighted by atomic mass is 35.5. The monoisotopic (exact) mass is 278 g/mol. The lowest BCUT2D eigenvalue weighted by atomic mass is 10.1. The fourth-order valence-electron chi connectivity index (χ4n) is 1.76. The number of ether oxygens (including phenoxy) is 1. The van der Waals surface area contributed by atoms with Crippen molar-refractivity contribution in [2.75, 3.05) is 6.61 Å². The molecular formula is C15H15ClO3. The summed E-state index contributed by atoms with van der Waals surface area (Å²) in [5.41, 5.74) is 1.68. The number of hydrogen-bond acceptors (Lipinski definition) is 3. The molecule has 0 fully saturated rings. The molecule has 0 bridgehead atoms. The smallest absolute Gasteiger partial charge is 0.151 e. The van der Waals surface area contributed by atoms with Gasteiger partial charge < -0.3 is 14.9 Å². The molecule has 2 rings (SSSR count). The molecule has 2 N–H and O–H groups in total. The average molecular weight is 279 g/mol. The third-order valence-corrected chi connectivity index (χ3v) is 3.06. The fraction of sp³-hybridized carbons (Fsp3) is 0.200. The second kappa shape index (κ2) is 6.57. The molecule has 0 heterocycles. The summed E-state index contributed by atoms with van der Waals surface area (Å²) in [5, 5.41) is 18.6. The summed E-state index contributed by atoms with van der Waals surface area (Å²) in [4.78, 5) is 0. The summed E-state index contributed by atoms with van der Waals surface area (Å²) in [6.45, 7) is -0.00212. The SMILES string of the molecule is OCCc1ccc(Oc2c(Cl)cccc2CO)cc1. The Bertz CT molecular complexity index is 538. The predicted molar refractivity (Wildman–Crippen MR) is 74.7 cm³/mol. The number of para-hydroxylation sites is 1. The Balaban J connectivity index is 2.21. The molecule has 0 aliphatic heterocycles. The third kappa shape index (κ3) is 3.47. The van der Waals surface area contributed by atoms with Gasteiger partial charge in [0.15, 0.2) is 5.75 Å². The maximum Gasteiger partial charge on any atom is 0.151 e. The number of aliphatic hydroxyl groups excluding tert-OH is 2. The summed E-state index contributed by atoms with van der Waals surface area (Å²) >= 11 is 6.07. The van der Waals surface area contributed by atoms with Crippen molar-refractivity contribution < 1.29 is 14.9 Å². The third-order valence-electron chi connectivity index (χ3n) is 2.76. The van der Waals surface area contributed by atoms with E-state index in [9.17, 15) is 5.11 Å². The van der Waals surface area contributed by atoms with E-state index in [1.807, 2.05) is 24.3 Å². The van der Waals surface area contributed by atoms with Gasteiger partial charge in [0.05, 0.1) is 11.6 Å². The molecule has 2 aromatic carbocycles. The molecule has 0 aromatic heterocycles. The van der Waals surface area contributed by atoms with Crippen molar-refractivity contribution in [1.82, 2.24) is 0 Å². The van der Waals surface area contributed by atoms with Crippen LogP contribution in [0.15, 0.2) is 42.5 Å². The topological polar surface area (TPSA) is 49.7 Å². The second-order valence-corrected chi connectivity index (χ2v) is 4.51. The van der Waals surface area contributed by atoms with Crippen molar-refractivity contribution in [2.45, 2.75) is 13.0 Å². The summed E-state index contributed by atoms with van der Waals surface area (Å²) in [6.07, 6.45) is 0.619. The fourth-order valence-corrected chi connectivity index (χ4v) is 2.00.